The van der Waals surface area contributed by atoms with Gasteiger partial charge in [0.25, 0.3) is 0 Å². The third-order valence-corrected chi connectivity index (χ3v) is 5.15. The molecule has 250 valence electrons. The van der Waals surface area contributed by atoms with Crippen LogP contribution in [0.1, 0.15) is 6.42 Å². The molecule has 0 fully saturated rings. The number of azide groups is 2. The van der Waals surface area contributed by atoms with Crippen molar-refractivity contribution < 1.29 is 52.5 Å². The van der Waals surface area contributed by atoms with E-state index in [1.807, 2.05) is 0 Å². The molecular formula is C25H49N7O11. The largest absolute Gasteiger partial charge is 0.481 e. The van der Waals surface area contributed by atoms with E-state index in [1.165, 1.54) is 0 Å². The van der Waals surface area contributed by atoms with Crippen LogP contribution >= 0.6 is 0 Å². The van der Waals surface area contributed by atoms with E-state index in [4.69, 9.17) is 58.8 Å². The first kappa shape index (κ1) is 40.7. The fraction of sp³-hybridized carbons (Fsp3) is 0.960. The summed E-state index contributed by atoms with van der Waals surface area (Å²) in [5, 5.41) is 15.3. The van der Waals surface area contributed by atoms with Crippen molar-refractivity contribution in [3.8, 4) is 0 Å². The van der Waals surface area contributed by atoms with Crippen LogP contribution in [0.25, 0.3) is 20.9 Å². The van der Waals surface area contributed by atoms with Crippen LogP contribution in [0, 0.1) is 0 Å². The Morgan fingerprint density at radius 1 is 0.488 bits per heavy atom. The highest BCUT2D eigenvalue weighted by Gasteiger charge is 2.06. The van der Waals surface area contributed by atoms with E-state index in [2.05, 4.69) is 25.0 Å². The van der Waals surface area contributed by atoms with Gasteiger partial charge < -0.3 is 47.7 Å². The fourth-order valence-electron chi connectivity index (χ4n) is 3.00. The number of hydrogen-bond donors (Lipinski definition) is 1. The lowest BCUT2D eigenvalue weighted by atomic mass is 10.4. The van der Waals surface area contributed by atoms with Gasteiger partial charge in [0, 0.05) is 42.5 Å². The molecule has 18 heteroatoms. The minimum atomic E-state index is -0.888. The van der Waals surface area contributed by atoms with Gasteiger partial charge in [-0.1, -0.05) is 10.2 Å². The first-order chi connectivity index (χ1) is 21.2. The molecule has 0 amide bonds. The second-order valence-corrected chi connectivity index (χ2v) is 8.41. The average Bonchev–Trinajstić information content (AvgIpc) is 3.00. The first-order valence-electron chi connectivity index (χ1n) is 14.4. The first-order valence-corrected chi connectivity index (χ1v) is 14.4. The molecule has 0 saturated heterocycles. The van der Waals surface area contributed by atoms with Crippen molar-refractivity contribution in [2.75, 3.05) is 152 Å². The molecule has 0 heterocycles. The monoisotopic (exact) mass is 623 g/mol. The zero-order valence-electron chi connectivity index (χ0n) is 25.1. The topological polar surface area (TPSA) is 221 Å². The number of carboxylic acid groups (broad SMARTS) is 1. The fourth-order valence-corrected chi connectivity index (χ4v) is 3.00. The van der Waals surface area contributed by atoms with Crippen LogP contribution in [0.3, 0.4) is 0 Å². The molecule has 0 aromatic carbocycles. The van der Waals surface area contributed by atoms with Crippen molar-refractivity contribution in [3.05, 3.63) is 20.9 Å². The Bertz CT molecular complexity index is 642. The zero-order valence-corrected chi connectivity index (χ0v) is 25.1. The van der Waals surface area contributed by atoms with Crippen molar-refractivity contribution in [2.24, 2.45) is 10.2 Å². The van der Waals surface area contributed by atoms with Crippen LogP contribution in [0.4, 0.5) is 0 Å². The number of carboxylic acids is 1. The summed E-state index contributed by atoms with van der Waals surface area (Å²) >= 11 is 0. The molecule has 0 aliphatic carbocycles. The highest BCUT2D eigenvalue weighted by Crippen LogP contribution is 1.93. The van der Waals surface area contributed by atoms with E-state index in [0.29, 0.717) is 145 Å². The van der Waals surface area contributed by atoms with Crippen LogP contribution in [-0.4, -0.2) is 168 Å². The Morgan fingerprint density at radius 2 is 0.767 bits per heavy atom. The summed E-state index contributed by atoms with van der Waals surface area (Å²) in [6.07, 6.45) is -0.0212. The lowest BCUT2D eigenvalue weighted by Gasteiger charge is -2.22. The molecule has 18 nitrogen and oxygen atoms in total. The Kier molecular flexibility index (Phi) is 34.0. The second kappa shape index (κ2) is 35.9. The molecule has 0 radical (unpaired) electrons. The smallest absolute Gasteiger partial charge is 0.305 e. The van der Waals surface area contributed by atoms with Crippen molar-refractivity contribution in [2.45, 2.75) is 6.42 Å². The Labute approximate surface area is 253 Å². The van der Waals surface area contributed by atoms with Gasteiger partial charge in [0.15, 0.2) is 0 Å². The van der Waals surface area contributed by atoms with Gasteiger partial charge in [0.1, 0.15) is 0 Å². The highest BCUT2D eigenvalue weighted by atomic mass is 16.6. The molecule has 0 unspecified atom stereocenters. The molecular weight excluding hydrogens is 574 g/mol. The maximum Gasteiger partial charge on any atom is 0.305 e. The minimum Gasteiger partial charge on any atom is -0.481 e. The third-order valence-electron chi connectivity index (χ3n) is 5.15. The molecule has 1 N–H and O–H groups in total. The minimum absolute atomic E-state index is 0.0212. The van der Waals surface area contributed by atoms with Gasteiger partial charge in [-0.2, -0.15) is 0 Å². The number of ether oxygens (including phenoxy) is 9. The van der Waals surface area contributed by atoms with Crippen LogP contribution in [-0.2, 0) is 47.4 Å². The maximum absolute atomic E-state index is 10.4. The van der Waals surface area contributed by atoms with Crippen LogP contribution in [0.2, 0.25) is 0 Å². The summed E-state index contributed by atoms with van der Waals surface area (Å²) in [6, 6.07) is 0. The summed E-state index contributed by atoms with van der Waals surface area (Å²) in [4.78, 5) is 17.9. The van der Waals surface area contributed by atoms with E-state index < -0.39 is 5.97 Å². The van der Waals surface area contributed by atoms with Crippen molar-refractivity contribution >= 4 is 5.97 Å². The molecule has 0 rings (SSSR count). The quantitative estimate of drug-likeness (QED) is 0.0454. The van der Waals surface area contributed by atoms with E-state index in [0.717, 1.165) is 0 Å². The van der Waals surface area contributed by atoms with Gasteiger partial charge in [-0.15, -0.1) is 0 Å². The number of nitrogens with zero attached hydrogens (tertiary/aromatic N) is 7. The van der Waals surface area contributed by atoms with Crippen molar-refractivity contribution in [1.82, 2.24) is 4.90 Å². The summed E-state index contributed by atoms with van der Waals surface area (Å²) in [5.41, 5.74) is 16.4. The second-order valence-electron chi connectivity index (χ2n) is 8.41. The van der Waals surface area contributed by atoms with Gasteiger partial charge >= 0.3 is 5.97 Å². The molecule has 0 saturated carbocycles. The van der Waals surface area contributed by atoms with Crippen LogP contribution < -0.4 is 0 Å². The van der Waals surface area contributed by atoms with Gasteiger partial charge in [-0.3, -0.25) is 9.69 Å². The average molecular weight is 624 g/mol. The zero-order chi connectivity index (χ0) is 31.3. The normalized spacial score (nSPS) is 11.0. The molecule has 0 bridgehead atoms. The van der Waals surface area contributed by atoms with E-state index in [9.17, 15) is 4.79 Å². The molecule has 0 aromatic rings. The molecule has 0 atom stereocenters. The number of rotatable bonds is 36. The third kappa shape index (κ3) is 35.8. The van der Waals surface area contributed by atoms with Crippen LogP contribution in [0.5, 0.6) is 0 Å². The van der Waals surface area contributed by atoms with Gasteiger partial charge in [-0.25, -0.2) is 0 Å². The molecule has 43 heavy (non-hydrogen) atoms. The number of carbonyl (C=O) groups is 1. The summed E-state index contributed by atoms with van der Waals surface area (Å²) in [6.45, 7) is 10.3. The maximum atomic E-state index is 10.4. The van der Waals surface area contributed by atoms with Crippen molar-refractivity contribution in [3.63, 3.8) is 0 Å². The molecule has 0 spiro atoms. The number of hydrogen-bond acceptors (Lipinski definition) is 13. The summed E-state index contributed by atoms with van der Waals surface area (Å²) in [7, 11) is 0. The molecule has 0 aliphatic rings. The van der Waals surface area contributed by atoms with Gasteiger partial charge in [0.05, 0.1) is 125 Å². The number of aliphatic carboxylic acids is 1. The lowest BCUT2D eigenvalue weighted by Crippen LogP contribution is -2.34. The predicted molar refractivity (Wildman–Crippen MR) is 154 cm³/mol. The van der Waals surface area contributed by atoms with E-state index in [-0.39, 0.29) is 13.0 Å². The van der Waals surface area contributed by atoms with Crippen LogP contribution in [0.15, 0.2) is 10.2 Å². The summed E-state index contributed by atoms with van der Waals surface area (Å²) in [5.74, 6) is -0.888. The van der Waals surface area contributed by atoms with Crippen molar-refractivity contribution in [1.29, 1.82) is 0 Å². The standard InChI is InChI=1S/C25H49N7O11/c26-30-28-2-8-36-14-20-42-23-17-39-11-5-32(4-10-38-16-22-41-19-13-35-7-1-25(33)34)6-12-40-18-24-43-21-15-37-9-3-29-31-27/h1-24H2,(H,33,34). The highest BCUT2D eigenvalue weighted by molar-refractivity contribution is 5.66. The van der Waals surface area contributed by atoms with Gasteiger partial charge in [-0.05, 0) is 11.1 Å². The van der Waals surface area contributed by atoms with E-state index >= 15 is 0 Å². The Morgan fingerprint density at radius 3 is 1.07 bits per heavy atom. The molecule has 0 aliphatic heterocycles. The van der Waals surface area contributed by atoms with Gasteiger partial charge in [0.2, 0.25) is 0 Å². The Balaban J connectivity index is 3.95. The SMILES string of the molecule is [N-]=[N+]=NCCOCCOCCOCCN(CCOCCOCCOCCN=[N+]=[N-])CCOCCOCCOCCC(=O)O. The summed E-state index contributed by atoms with van der Waals surface area (Å²) < 4.78 is 49.1. The molecule has 0 aromatic heterocycles. The lowest BCUT2D eigenvalue weighted by molar-refractivity contribution is -0.138. The van der Waals surface area contributed by atoms with E-state index in [1.54, 1.807) is 0 Å². The Hall–Kier alpha value is -2.31. The predicted octanol–water partition coefficient (Wildman–Crippen LogP) is 1.53.